The number of halogens is 1. The highest BCUT2D eigenvalue weighted by Gasteiger charge is 2.20. The molecule has 16 heteroatoms. The maximum absolute atomic E-state index is 12.7. The van der Waals surface area contributed by atoms with Crippen molar-refractivity contribution < 1.29 is 33.4 Å². The van der Waals surface area contributed by atoms with Gasteiger partial charge in [-0.15, -0.1) is 57.8 Å². The summed E-state index contributed by atoms with van der Waals surface area (Å²) in [6.07, 6.45) is 5.83. The number of esters is 2. The highest BCUT2D eigenvalue weighted by Crippen LogP contribution is 2.20. The molecule has 0 saturated carbocycles. The summed E-state index contributed by atoms with van der Waals surface area (Å²) in [4.78, 5) is 53.0. The predicted molar refractivity (Wildman–Crippen MR) is 237 cm³/mol. The number of nitrogens with one attached hydrogen (secondary N) is 1. The number of rotatable bonds is 20. The van der Waals surface area contributed by atoms with Crippen molar-refractivity contribution in [2.45, 2.75) is 124 Å². The maximum atomic E-state index is 12.7. The minimum Gasteiger partial charge on any atom is -0.448 e. The van der Waals surface area contributed by atoms with E-state index in [2.05, 4.69) is 49.9 Å². The molecule has 4 aromatic heterocycles. The summed E-state index contributed by atoms with van der Waals surface area (Å²) in [5.74, 6) is -1.12. The quantitative estimate of drug-likeness (QED) is 0.0504. The van der Waals surface area contributed by atoms with E-state index >= 15 is 0 Å². The van der Waals surface area contributed by atoms with Crippen LogP contribution in [-0.2, 0) is 50.0 Å². The summed E-state index contributed by atoms with van der Waals surface area (Å²) in [6.45, 7) is 13.9. The van der Waals surface area contributed by atoms with E-state index in [1.54, 1.807) is 55.1 Å². The Morgan fingerprint density at radius 3 is 1.32 bits per heavy atom. The number of ether oxygens (including phenoxy) is 3. The SMILES string of the molecule is CC(=O)OC(C)=O.CCCC[C@@H](COC(=O)N(Cc1cccs1)Cc1cccs1)NC(C)C.CCCC[C@H](N)COC(=O)N(Cc1cccs1)Cc1cccs1.Cl. The molecule has 0 aliphatic carbocycles. The standard InChI is InChI=1S/C20H30N2O2S2.C17H24N2O2S2.C4H6O3.ClH/c1-4-5-8-17(21-16(2)3)15-24-20(23)22(13-18-9-6-11-25-18)14-19-10-7-12-26-19;1-2-3-6-14(18)13-21-17(20)19(11-15-7-4-9-22-15)12-16-8-5-10-23-16;1-3(5)7-4(2)6;/h6-7,9-12,16-17,21H,4-5,8,13-15H2,1-3H3;4-5,7-10,14H,2-3,6,11-13,18H2,1H3;1-2H3;1H/t17-;14-;;/m00../s1. The first-order valence-electron chi connectivity index (χ1n) is 19.0. The number of hydrogen-bond acceptors (Lipinski definition) is 13. The zero-order valence-electron chi connectivity index (χ0n) is 34.0. The van der Waals surface area contributed by atoms with Crippen LogP contribution in [0, 0.1) is 0 Å². The van der Waals surface area contributed by atoms with E-state index in [9.17, 15) is 19.2 Å². The molecule has 0 saturated heterocycles. The van der Waals surface area contributed by atoms with Crippen LogP contribution in [0.25, 0.3) is 0 Å². The fraction of sp³-hybridized carbons (Fsp3) is 0.512. The van der Waals surface area contributed by atoms with Crippen LogP contribution >= 0.6 is 57.8 Å². The van der Waals surface area contributed by atoms with E-state index in [1.807, 2.05) is 57.9 Å². The molecule has 3 N–H and O–H groups in total. The van der Waals surface area contributed by atoms with Crippen molar-refractivity contribution in [2.24, 2.45) is 5.73 Å². The molecule has 0 unspecified atom stereocenters. The Morgan fingerprint density at radius 1 is 0.649 bits per heavy atom. The van der Waals surface area contributed by atoms with Crippen molar-refractivity contribution in [2.75, 3.05) is 13.2 Å². The van der Waals surface area contributed by atoms with Crippen LogP contribution in [0.2, 0.25) is 0 Å². The van der Waals surface area contributed by atoms with Crippen molar-refractivity contribution in [1.29, 1.82) is 0 Å². The van der Waals surface area contributed by atoms with Crippen LogP contribution in [0.15, 0.2) is 70.1 Å². The van der Waals surface area contributed by atoms with Crippen molar-refractivity contribution in [3.05, 3.63) is 89.6 Å². The molecular weight excluding hydrogens is 824 g/mol. The topological polar surface area (TPSA) is 141 Å². The Kier molecular flexibility index (Phi) is 27.9. The Labute approximate surface area is 361 Å². The molecule has 0 spiro atoms. The minimum atomic E-state index is -0.562. The van der Waals surface area contributed by atoms with Gasteiger partial charge in [0.15, 0.2) is 0 Å². The summed E-state index contributed by atoms with van der Waals surface area (Å²) < 4.78 is 15.1. The highest BCUT2D eigenvalue weighted by atomic mass is 35.5. The fourth-order valence-corrected chi connectivity index (χ4v) is 8.03. The van der Waals surface area contributed by atoms with Gasteiger partial charge in [0.2, 0.25) is 0 Å². The fourth-order valence-electron chi connectivity index (χ4n) is 5.15. The molecule has 0 bridgehead atoms. The van der Waals surface area contributed by atoms with Crippen LogP contribution in [0.3, 0.4) is 0 Å². The lowest BCUT2D eigenvalue weighted by molar-refractivity contribution is -0.156. The molecule has 4 heterocycles. The average Bonchev–Trinajstić information content (AvgIpc) is 4.00. The molecule has 0 radical (unpaired) electrons. The maximum Gasteiger partial charge on any atom is 0.410 e. The van der Waals surface area contributed by atoms with Crippen molar-refractivity contribution in [1.82, 2.24) is 15.1 Å². The van der Waals surface area contributed by atoms with E-state index in [4.69, 9.17) is 15.2 Å². The molecule has 2 atom stereocenters. The lowest BCUT2D eigenvalue weighted by Gasteiger charge is -2.25. The Balaban J connectivity index is 0.000000484. The molecule has 4 rings (SSSR count). The number of unbranched alkanes of at least 4 members (excludes halogenated alkanes) is 2. The summed E-state index contributed by atoms with van der Waals surface area (Å²) in [5.41, 5.74) is 5.99. The Bertz CT molecular complexity index is 1520. The first kappa shape index (κ1) is 51.7. The van der Waals surface area contributed by atoms with E-state index < -0.39 is 11.9 Å². The number of amides is 2. The van der Waals surface area contributed by atoms with Gasteiger partial charge in [-0.3, -0.25) is 19.4 Å². The second-order valence-electron chi connectivity index (χ2n) is 13.3. The molecule has 0 fully saturated rings. The van der Waals surface area contributed by atoms with Gasteiger partial charge in [0, 0.05) is 51.5 Å². The Morgan fingerprint density at radius 2 is 1.02 bits per heavy atom. The first-order chi connectivity index (χ1) is 26.9. The van der Waals surface area contributed by atoms with Gasteiger partial charge in [0.1, 0.15) is 13.2 Å². The Hall–Kier alpha value is -3.31. The third-order valence-electron chi connectivity index (χ3n) is 7.74. The largest absolute Gasteiger partial charge is 0.448 e. The second kappa shape index (κ2) is 30.7. The van der Waals surface area contributed by atoms with E-state index in [-0.39, 0.29) is 43.3 Å². The van der Waals surface area contributed by atoms with Gasteiger partial charge in [-0.05, 0) is 58.6 Å². The van der Waals surface area contributed by atoms with Crippen molar-refractivity contribution in [3.8, 4) is 0 Å². The third kappa shape index (κ3) is 24.3. The summed E-state index contributed by atoms with van der Waals surface area (Å²) in [6, 6.07) is 16.7. The molecule has 2 amide bonds. The number of carbonyl (C=O) groups is 4. The average molecular weight is 886 g/mol. The molecule has 318 valence electrons. The molecule has 4 aromatic rings. The zero-order valence-corrected chi connectivity index (χ0v) is 38.1. The highest BCUT2D eigenvalue weighted by molar-refractivity contribution is 7.10. The number of thiophene rings is 4. The predicted octanol–water partition coefficient (Wildman–Crippen LogP) is 10.5. The number of carbonyl (C=O) groups excluding carboxylic acids is 4. The van der Waals surface area contributed by atoms with Crippen LogP contribution in [-0.4, -0.2) is 65.3 Å². The number of nitrogens with zero attached hydrogens (tertiary/aromatic N) is 2. The van der Waals surface area contributed by atoms with Crippen LogP contribution in [0.1, 0.15) is 99.6 Å². The van der Waals surface area contributed by atoms with Crippen molar-refractivity contribution >= 4 is 81.9 Å². The third-order valence-corrected chi connectivity index (χ3v) is 11.2. The molecular formula is C41H61ClN4O7S4. The van der Waals surface area contributed by atoms with Gasteiger partial charge in [0.25, 0.3) is 0 Å². The summed E-state index contributed by atoms with van der Waals surface area (Å²) in [5, 5.41) is 11.6. The van der Waals surface area contributed by atoms with E-state index in [1.165, 1.54) is 23.6 Å². The van der Waals surface area contributed by atoms with Gasteiger partial charge >= 0.3 is 24.1 Å². The van der Waals surface area contributed by atoms with E-state index in [0.717, 1.165) is 48.3 Å². The lowest BCUT2D eigenvalue weighted by Crippen LogP contribution is -2.40. The smallest absolute Gasteiger partial charge is 0.410 e. The van der Waals surface area contributed by atoms with Crippen LogP contribution < -0.4 is 11.1 Å². The van der Waals surface area contributed by atoms with Gasteiger partial charge < -0.3 is 25.3 Å². The first-order valence-corrected chi connectivity index (χ1v) is 22.5. The van der Waals surface area contributed by atoms with Crippen LogP contribution in [0.5, 0.6) is 0 Å². The molecule has 0 aliphatic heterocycles. The van der Waals surface area contributed by atoms with E-state index in [0.29, 0.717) is 38.8 Å². The van der Waals surface area contributed by atoms with Crippen LogP contribution in [0.4, 0.5) is 9.59 Å². The number of hydrogen-bond donors (Lipinski definition) is 2. The van der Waals surface area contributed by atoms with Gasteiger partial charge in [-0.1, -0.05) is 77.6 Å². The molecule has 0 aliphatic rings. The van der Waals surface area contributed by atoms with Gasteiger partial charge in [0.05, 0.1) is 26.2 Å². The summed E-state index contributed by atoms with van der Waals surface area (Å²) in [7, 11) is 0. The minimum absolute atomic E-state index is 0. The van der Waals surface area contributed by atoms with Gasteiger partial charge in [-0.2, -0.15) is 0 Å². The monoisotopic (exact) mass is 884 g/mol. The van der Waals surface area contributed by atoms with Crippen molar-refractivity contribution in [3.63, 3.8) is 0 Å². The lowest BCUT2D eigenvalue weighted by atomic mass is 10.1. The second-order valence-corrected chi connectivity index (χ2v) is 17.5. The zero-order chi connectivity index (χ0) is 41.1. The summed E-state index contributed by atoms with van der Waals surface area (Å²) >= 11 is 6.63. The molecule has 0 aromatic carbocycles. The molecule has 57 heavy (non-hydrogen) atoms. The molecule has 11 nitrogen and oxygen atoms in total. The van der Waals surface area contributed by atoms with Gasteiger partial charge in [-0.25, -0.2) is 9.59 Å². The normalized spacial score (nSPS) is 11.4. The number of nitrogens with two attached hydrogens (primary N) is 1.